The van der Waals surface area contributed by atoms with Gasteiger partial charge in [-0.1, -0.05) is 0 Å². The Balaban J connectivity index is 1.44. The van der Waals surface area contributed by atoms with Crippen molar-refractivity contribution in [2.45, 2.75) is 57.5 Å². The maximum absolute atomic E-state index is 12.3. The van der Waals surface area contributed by atoms with E-state index in [2.05, 4.69) is 6.07 Å². The largest absolute Gasteiger partial charge is 0.497 e. The first-order chi connectivity index (χ1) is 12.2. The summed E-state index contributed by atoms with van der Waals surface area (Å²) < 4.78 is 10.8. The third-order valence-electron chi connectivity index (χ3n) is 5.94. The molecular formula is C21H27NO3. The van der Waals surface area contributed by atoms with Crippen LogP contribution < -0.4 is 4.74 Å². The number of benzene rings is 1. The Bertz CT molecular complexity index is 603. The fraction of sp³-hybridized carbons (Fsp3) is 0.619. The summed E-state index contributed by atoms with van der Waals surface area (Å²) >= 11 is 0. The van der Waals surface area contributed by atoms with E-state index < -0.39 is 0 Å². The first-order valence-corrected chi connectivity index (χ1v) is 9.44. The van der Waals surface area contributed by atoms with Gasteiger partial charge in [-0.05, 0) is 87.5 Å². The van der Waals surface area contributed by atoms with Gasteiger partial charge in [0.05, 0.1) is 18.7 Å². The highest BCUT2D eigenvalue weighted by Gasteiger charge is 2.32. The van der Waals surface area contributed by atoms with Crippen LogP contribution in [0.3, 0.4) is 0 Å². The lowest BCUT2D eigenvalue weighted by Gasteiger charge is -2.36. The number of rotatable bonds is 4. The number of esters is 1. The first kappa shape index (κ1) is 17.8. The molecule has 1 aromatic carbocycles. The minimum Gasteiger partial charge on any atom is -0.497 e. The molecule has 0 radical (unpaired) electrons. The predicted octanol–water partition coefficient (Wildman–Crippen LogP) is 4.74. The molecule has 25 heavy (non-hydrogen) atoms. The standard InChI is InChI=1S/C21H27NO3/c1-24-19-10-8-18(9-11-19)21(23)25-20-12-6-17(7-13-20)16-4-2-15(14-22)3-5-16/h8-11,15-17,20H,2-7,12-13H2,1H3. The molecule has 4 nitrogen and oxygen atoms in total. The van der Waals surface area contributed by atoms with Crippen LogP contribution in [0.2, 0.25) is 0 Å². The average molecular weight is 341 g/mol. The Morgan fingerprint density at radius 2 is 1.52 bits per heavy atom. The summed E-state index contributed by atoms with van der Waals surface area (Å²) in [5.41, 5.74) is 0.581. The van der Waals surface area contributed by atoms with Gasteiger partial charge >= 0.3 is 5.97 Å². The lowest BCUT2D eigenvalue weighted by molar-refractivity contribution is 0.0114. The van der Waals surface area contributed by atoms with Crippen LogP contribution in [0.25, 0.3) is 0 Å². The third-order valence-corrected chi connectivity index (χ3v) is 5.94. The Hall–Kier alpha value is -2.02. The molecule has 0 N–H and O–H groups in total. The smallest absolute Gasteiger partial charge is 0.338 e. The van der Waals surface area contributed by atoms with Crippen molar-refractivity contribution in [3.05, 3.63) is 29.8 Å². The van der Waals surface area contributed by atoms with Crippen LogP contribution in [0.15, 0.2) is 24.3 Å². The van der Waals surface area contributed by atoms with Crippen molar-refractivity contribution >= 4 is 5.97 Å². The molecule has 0 saturated heterocycles. The summed E-state index contributed by atoms with van der Waals surface area (Å²) in [5.74, 6) is 2.29. The number of methoxy groups -OCH3 is 1. The van der Waals surface area contributed by atoms with Crippen molar-refractivity contribution in [1.82, 2.24) is 0 Å². The summed E-state index contributed by atoms with van der Waals surface area (Å²) in [6, 6.07) is 9.48. The molecule has 2 aliphatic carbocycles. The number of nitrogens with zero attached hydrogens (tertiary/aromatic N) is 1. The van der Waals surface area contributed by atoms with Gasteiger partial charge < -0.3 is 9.47 Å². The third kappa shape index (κ3) is 4.54. The van der Waals surface area contributed by atoms with E-state index in [-0.39, 0.29) is 18.0 Å². The predicted molar refractivity (Wildman–Crippen MR) is 95.2 cm³/mol. The fourth-order valence-electron chi connectivity index (χ4n) is 4.34. The maximum Gasteiger partial charge on any atom is 0.338 e. The highest BCUT2D eigenvalue weighted by molar-refractivity contribution is 5.89. The quantitative estimate of drug-likeness (QED) is 0.742. The van der Waals surface area contributed by atoms with E-state index in [0.29, 0.717) is 5.56 Å². The molecule has 0 atom stereocenters. The Morgan fingerprint density at radius 3 is 2.04 bits per heavy atom. The van der Waals surface area contributed by atoms with Crippen LogP contribution in [0, 0.1) is 29.1 Å². The lowest BCUT2D eigenvalue weighted by atomic mass is 9.71. The molecule has 0 unspecified atom stereocenters. The number of nitriles is 1. The van der Waals surface area contributed by atoms with E-state index in [1.807, 2.05) is 0 Å². The molecular weight excluding hydrogens is 314 g/mol. The Morgan fingerprint density at radius 1 is 0.960 bits per heavy atom. The monoisotopic (exact) mass is 341 g/mol. The molecule has 3 rings (SSSR count). The Kier molecular flexibility index (Phi) is 5.96. The zero-order chi connectivity index (χ0) is 17.6. The summed E-state index contributed by atoms with van der Waals surface area (Å²) in [6.07, 6.45) is 8.76. The molecule has 2 aliphatic rings. The van der Waals surface area contributed by atoms with Crippen molar-refractivity contribution in [1.29, 1.82) is 5.26 Å². The number of carbonyl (C=O) groups excluding carboxylic acids is 1. The normalized spacial score (nSPS) is 29.4. The molecule has 1 aromatic rings. The summed E-state index contributed by atoms with van der Waals surface area (Å²) in [4.78, 5) is 12.3. The van der Waals surface area contributed by atoms with E-state index >= 15 is 0 Å². The lowest BCUT2D eigenvalue weighted by Crippen LogP contribution is -2.29. The minimum absolute atomic E-state index is 0.0429. The zero-order valence-corrected chi connectivity index (χ0v) is 14.9. The molecule has 0 aliphatic heterocycles. The van der Waals surface area contributed by atoms with Gasteiger partial charge in [0.1, 0.15) is 11.9 Å². The van der Waals surface area contributed by atoms with Crippen LogP contribution in [-0.4, -0.2) is 19.2 Å². The van der Waals surface area contributed by atoms with Gasteiger partial charge in [0.2, 0.25) is 0 Å². The highest BCUT2D eigenvalue weighted by atomic mass is 16.5. The minimum atomic E-state index is -0.236. The first-order valence-electron chi connectivity index (χ1n) is 9.44. The number of ether oxygens (including phenoxy) is 2. The summed E-state index contributed by atoms with van der Waals surface area (Å²) in [5, 5.41) is 9.02. The molecule has 2 fully saturated rings. The molecule has 134 valence electrons. The molecule has 4 heteroatoms. The van der Waals surface area contributed by atoms with Gasteiger partial charge in [0, 0.05) is 5.92 Å². The van der Waals surface area contributed by atoms with Crippen molar-refractivity contribution in [3.8, 4) is 11.8 Å². The van der Waals surface area contributed by atoms with E-state index in [4.69, 9.17) is 14.7 Å². The van der Waals surface area contributed by atoms with Crippen molar-refractivity contribution in [2.24, 2.45) is 17.8 Å². The van der Waals surface area contributed by atoms with Crippen LogP contribution in [0.4, 0.5) is 0 Å². The molecule has 0 heterocycles. The molecule has 0 aromatic heterocycles. The van der Waals surface area contributed by atoms with E-state index in [9.17, 15) is 4.79 Å². The van der Waals surface area contributed by atoms with Crippen LogP contribution in [0.1, 0.15) is 61.7 Å². The summed E-state index contributed by atoms with van der Waals surface area (Å²) in [6.45, 7) is 0. The zero-order valence-electron chi connectivity index (χ0n) is 14.9. The fourth-order valence-corrected chi connectivity index (χ4v) is 4.34. The van der Waals surface area contributed by atoms with E-state index in [0.717, 1.165) is 56.1 Å². The van der Waals surface area contributed by atoms with E-state index in [1.54, 1.807) is 31.4 Å². The van der Waals surface area contributed by atoms with E-state index in [1.165, 1.54) is 12.8 Å². The maximum atomic E-state index is 12.3. The average Bonchev–Trinajstić information content (AvgIpc) is 2.68. The van der Waals surface area contributed by atoms with Gasteiger partial charge in [-0.2, -0.15) is 5.26 Å². The van der Waals surface area contributed by atoms with Crippen molar-refractivity contribution in [3.63, 3.8) is 0 Å². The van der Waals surface area contributed by atoms with Gasteiger partial charge in [-0.3, -0.25) is 0 Å². The number of hydrogen-bond donors (Lipinski definition) is 0. The van der Waals surface area contributed by atoms with Gasteiger partial charge in [-0.25, -0.2) is 4.79 Å². The topological polar surface area (TPSA) is 59.3 Å². The van der Waals surface area contributed by atoms with Gasteiger partial charge in [-0.15, -0.1) is 0 Å². The SMILES string of the molecule is COc1ccc(C(=O)OC2CCC(C3CCC(C#N)CC3)CC2)cc1. The van der Waals surface area contributed by atoms with Gasteiger partial charge in [0.15, 0.2) is 0 Å². The summed E-state index contributed by atoms with van der Waals surface area (Å²) in [7, 11) is 1.61. The van der Waals surface area contributed by atoms with Crippen molar-refractivity contribution in [2.75, 3.05) is 7.11 Å². The highest BCUT2D eigenvalue weighted by Crippen LogP contribution is 2.40. The van der Waals surface area contributed by atoms with Gasteiger partial charge in [0.25, 0.3) is 0 Å². The number of carbonyl (C=O) groups is 1. The molecule has 2 saturated carbocycles. The second kappa shape index (κ2) is 8.38. The second-order valence-corrected chi connectivity index (χ2v) is 7.41. The molecule has 0 spiro atoms. The van der Waals surface area contributed by atoms with Crippen molar-refractivity contribution < 1.29 is 14.3 Å². The van der Waals surface area contributed by atoms with Crippen LogP contribution >= 0.6 is 0 Å². The Labute approximate surface area is 150 Å². The number of hydrogen-bond acceptors (Lipinski definition) is 4. The van der Waals surface area contributed by atoms with Crippen LogP contribution in [0.5, 0.6) is 5.75 Å². The van der Waals surface area contributed by atoms with Crippen LogP contribution in [-0.2, 0) is 4.74 Å². The molecule has 0 amide bonds. The molecule has 0 bridgehead atoms. The second-order valence-electron chi connectivity index (χ2n) is 7.41.